The zero-order chi connectivity index (χ0) is 15.1. The first-order valence-corrected chi connectivity index (χ1v) is 7.00. The van der Waals surface area contributed by atoms with E-state index in [1.165, 1.54) is 6.42 Å². The average Bonchev–Trinajstić information content (AvgIpc) is 3.01. The fraction of sp³-hybridized carbons (Fsp3) is 0.500. The van der Waals surface area contributed by atoms with Crippen LogP contribution < -0.4 is 5.73 Å². The minimum absolute atomic E-state index is 0.126. The Hall–Kier alpha value is -2.18. The largest absolute Gasteiger partial charge is 0.396 e. The van der Waals surface area contributed by atoms with E-state index in [1.807, 2.05) is 0 Å². The summed E-state index contributed by atoms with van der Waals surface area (Å²) in [6, 6.07) is 1.80. The first-order chi connectivity index (χ1) is 9.97. The number of fused-ring (bicyclic) bond motifs is 1. The second-order valence-corrected chi connectivity index (χ2v) is 5.81. The Bertz CT molecular complexity index is 608. The summed E-state index contributed by atoms with van der Waals surface area (Å²) in [6.07, 6.45) is 3.38. The number of carbonyl (C=O) groups is 1. The Kier molecular flexibility index (Phi) is 3.27. The normalized spacial score (nSPS) is 24.1. The summed E-state index contributed by atoms with van der Waals surface area (Å²) in [4.78, 5) is 24.4. The van der Waals surface area contributed by atoms with Crippen molar-refractivity contribution in [3.63, 3.8) is 0 Å². The second kappa shape index (κ2) is 4.98. The molecule has 2 atom stereocenters. The lowest BCUT2D eigenvalue weighted by Crippen LogP contribution is -2.30. The smallest absolute Gasteiger partial charge is 0.285 e. The molecule has 1 saturated carbocycles. The Morgan fingerprint density at radius 2 is 1.95 bits per heavy atom. The van der Waals surface area contributed by atoms with E-state index in [1.54, 1.807) is 4.90 Å². The number of rotatable bonds is 2. The maximum absolute atomic E-state index is 13.4. The molecule has 7 heteroatoms. The van der Waals surface area contributed by atoms with Crippen LogP contribution in [0.5, 0.6) is 0 Å². The van der Waals surface area contributed by atoms with Gasteiger partial charge in [0.2, 0.25) is 0 Å². The zero-order valence-electron chi connectivity index (χ0n) is 11.4. The maximum Gasteiger partial charge on any atom is 0.285 e. The van der Waals surface area contributed by atoms with Gasteiger partial charge >= 0.3 is 0 Å². The quantitative estimate of drug-likeness (QED) is 0.514. The topological polar surface area (TPSA) is 89.5 Å². The molecule has 112 valence electrons. The Labute approximate surface area is 120 Å². The summed E-state index contributed by atoms with van der Waals surface area (Å²) in [5, 5.41) is 11.0. The van der Waals surface area contributed by atoms with Crippen molar-refractivity contribution in [2.75, 3.05) is 18.8 Å². The number of hydrogen-bond acceptors (Lipinski definition) is 4. The van der Waals surface area contributed by atoms with Gasteiger partial charge in [-0.1, -0.05) is 6.42 Å². The summed E-state index contributed by atoms with van der Waals surface area (Å²) in [7, 11) is 0. The van der Waals surface area contributed by atoms with Crippen LogP contribution in [0, 0.1) is 27.8 Å². The molecule has 1 aliphatic carbocycles. The third-order valence-corrected chi connectivity index (χ3v) is 4.56. The van der Waals surface area contributed by atoms with Gasteiger partial charge in [0.1, 0.15) is 5.56 Å². The molecule has 1 aromatic rings. The van der Waals surface area contributed by atoms with Crippen LogP contribution in [0.1, 0.15) is 29.6 Å². The highest BCUT2D eigenvalue weighted by molar-refractivity contribution is 5.99. The number of halogens is 1. The number of nitro benzene ring substituents is 1. The Morgan fingerprint density at radius 1 is 1.33 bits per heavy atom. The fourth-order valence-electron chi connectivity index (χ4n) is 3.47. The minimum atomic E-state index is -0.878. The van der Waals surface area contributed by atoms with Crippen LogP contribution in [0.4, 0.5) is 15.8 Å². The van der Waals surface area contributed by atoms with E-state index in [2.05, 4.69) is 0 Å². The standard InChI is InChI=1S/C14H16FN3O3/c15-11-5-13(18(20)21)10(4-12(11)16)14(19)17-6-8-2-1-3-9(8)7-17/h4-5,8-9H,1-3,6-7,16H2. The van der Waals surface area contributed by atoms with Gasteiger partial charge in [-0.05, 0) is 30.7 Å². The fourth-order valence-corrected chi connectivity index (χ4v) is 3.47. The van der Waals surface area contributed by atoms with Gasteiger partial charge in [0.25, 0.3) is 11.6 Å². The Balaban J connectivity index is 1.91. The number of hydrogen-bond donors (Lipinski definition) is 1. The zero-order valence-corrected chi connectivity index (χ0v) is 11.4. The highest BCUT2D eigenvalue weighted by atomic mass is 19.1. The van der Waals surface area contributed by atoms with Gasteiger partial charge in [-0.3, -0.25) is 14.9 Å². The maximum atomic E-state index is 13.4. The van der Waals surface area contributed by atoms with Gasteiger partial charge in [-0.2, -0.15) is 0 Å². The Morgan fingerprint density at radius 3 is 2.52 bits per heavy atom. The second-order valence-electron chi connectivity index (χ2n) is 5.81. The molecule has 2 fully saturated rings. The summed E-state index contributed by atoms with van der Waals surface area (Å²) < 4.78 is 13.4. The lowest BCUT2D eigenvalue weighted by Gasteiger charge is -2.17. The molecular formula is C14H16FN3O3. The van der Waals surface area contributed by atoms with Crippen molar-refractivity contribution in [2.24, 2.45) is 11.8 Å². The number of anilines is 1. The number of nitrogens with zero attached hydrogens (tertiary/aromatic N) is 2. The lowest BCUT2D eigenvalue weighted by atomic mass is 10.0. The number of carbonyl (C=O) groups excluding carboxylic acids is 1. The third kappa shape index (κ3) is 2.32. The third-order valence-electron chi connectivity index (χ3n) is 4.56. The number of likely N-dealkylation sites (tertiary alicyclic amines) is 1. The van der Waals surface area contributed by atoms with Crippen molar-refractivity contribution >= 4 is 17.3 Å². The lowest BCUT2D eigenvalue weighted by molar-refractivity contribution is -0.385. The monoisotopic (exact) mass is 293 g/mol. The molecule has 0 radical (unpaired) electrons. The molecule has 0 spiro atoms. The summed E-state index contributed by atoms with van der Waals surface area (Å²) >= 11 is 0. The summed E-state index contributed by atoms with van der Waals surface area (Å²) in [5.41, 5.74) is 4.55. The molecule has 0 bridgehead atoms. The van der Waals surface area contributed by atoms with Crippen LogP contribution in [-0.2, 0) is 0 Å². The van der Waals surface area contributed by atoms with Crippen LogP contribution >= 0.6 is 0 Å². The van der Waals surface area contributed by atoms with E-state index in [0.717, 1.165) is 25.0 Å². The molecule has 2 aliphatic rings. The first kappa shape index (κ1) is 13.8. The van der Waals surface area contributed by atoms with Crippen molar-refractivity contribution in [2.45, 2.75) is 19.3 Å². The van der Waals surface area contributed by atoms with Crippen LogP contribution in [0.15, 0.2) is 12.1 Å². The van der Waals surface area contributed by atoms with Gasteiger partial charge in [0, 0.05) is 13.1 Å². The molecule has 2 unspecified atom stereocenters. The van der Waals surface area contributed by atoms with E-state index in [0.29, 0.717) is 24.9 Å². The number of benzene rings is 1. The molecule has 2 N–H and O–H groups in total. The minimum Gasteiger partial charge on any atom is -0.396 e. The number of amides is 1. The van der Waals surface area contributed by atoms with Gasteiger partial charge in [-0.25, -0.2) is 4.39 Å². The van der Waals surface area contributed by atoms with Crippen molar-refractivity contribution in [1.29, 1.82) is 0 Å². The van der Waals surface area contributed by atoms with Crippen LogP contribution in [0.25, 0.3) is 0 Å². The van der Waals surface area contributed by atoms with Crippen LogP contribution in [0.3, 0.4) is 0 Å². The molecular weight excluding hydrogens is 277 g/mol. The van der Waals surface area contributed by atoms with Crippen LogP contribution in [0.2, 0.25) is 0 Å². The molecule has 1 heterocycles. The van der Waals surface area contributed by atoms with E-state index < -0.39 is 22.3 Å². The summed E-state index contributed by atoms with van der Waals surface area (Å²) in [6.45, 7) is 1.25. The number of nitro groups is 1. The molecule has 1 amide bonds. The average molecular weight is 293 g/mol. The molecule has 6 nitrogen and oxygen atoms in total. The van der Waals surface area contributed by atoms with E-state index in [9.17, 15) is 19.3 Å². The molecule has 3 rings (SSSR count). The van der Waals surface area contributed by atoms with Crippen molar-refractivity contribution in [1.82, 2.24) is 4.90 Å². The number of nitrogen functional groups attached to an aromatic ring is 1. The van der Waals surface area contributed by atoms with Gasteiger partial charge in [0.05, 0.1) is 16.7 Å². The van der Waals surface area contributed by atoms with E-state index in [-0.39, 0.29) is 11.3 Å². The van der Waals surface area contributed by atoms with Crippen molar-refractivity contribution in [3.05, 3.63) is 33.6 Å². The molecule has 1 aliphatic heterocycles. The van der Waals surface area contributed by atoms with Gasteiger partial charge < -0.3 is 10.6 Å². The predicted molar refractivity (Wildman–Crippen MR) is 74.2 cm³/mol. The first-order valence-electron chi connectivity index (χ1n) is 7.00. The van der Waals surface area contributed by atoms with Crippen LogP contribution in [-0.4, -0.2) is 28.8 Å². The highest BCUT2D eigenvalue weighted by Gasteiger charge is 2.39. The molecule has 1 aromatic carbocycles. The SMILES string of the molecule is Nc1cc(C(=O)N2CC3CCCC3C2)c([N+](=O)[O-])cc1F. The van der Waals surface area contributed by atoms with Crippen molar-refractivity contribution < 1.29 is 14.1 Å². The van der Waals surface area contributed by atoms with Gasteiger partial charge in [0.15, 0.2) is 5.82 Å². The van der Waals surface area contributed by atoms with E-state index in [4.69, 9.17) is 5.73 Å². The van der Waals surface area contributed by atoms with E-state index >= 15 is 0 Å². The predicted octanol–water partition coefficient (Wildman–Crippen LogP) is 2.19. The summed E-state index contributed by atoms with van der Waals surface area (Å²) in [5.74, 6) is -0.323. The van der Waals surface area contributed by atoms with Gasteiger partial charge in [-0.15, -0.1) is 0 Å². The number of nitrogens with two attached hydrogens (primary N) is 1. The molecule has 1 saturated heterocycles. The molecule has 21 heavy (non-hydrogen) atoms. The highest BCUT2D eigenvalue weighted by Crippen LogP contribution is 2.38. The van der Waals surface area contributed by atoms with Crippen molar-refractivity contribution in [3.8, 4) is 0 Å². The molecule has 0 aromatic heterocycles.